The Labute approximate surface area is 83.0 Å². The summed E-state index contributed by atoms with van der Waals surface area (Å²) in [5, 5.41) is 0. The maximum Gasteiger partial charge on any atom is 0.328 e. The normalized spacial score (nSPS) is 16.6. The lowest BCUT2D eigenvalue weighted by Crippen LogP contribution is -1.96. The van der Waals surface area contributed by atoms with E-state index in [1.165, 1.54) is 0 Å². The van der Waals surface area contributed by atoms with Gasteiger partial charge in [-0.1, -0.05) is 0 Å². The van der Waals surface area contributed by atoms with Crippen LogP contribution in [0.4, 0.5) is 0 Å². The molecule has 0 fully saturated rings. The van der Waals surface area contributed by atoms with Crippen molar-refractivity contribution in [2.45, 2.75) is 19.8 Å². The van der Waals surface area contributed by atoms with Crippen LogP contribution in [-0.2, 0) is 13.7 Å². The smallest absolute Gasteiger partial charge is 0.324 e. The molecule has 3 N–H and O–H groups in total. The van der Waals surface area contributed by atoms with E-state index in [-0.39, 0.29) is 31.8 Å². The van der Waals surface area contributed by atoms with Gasteiger partial charge in [0, 0.05) is 6.16 Å². The van der Waals surface area contributed by atoms with Crippen molar-refractivity contribution in [3.05, 3.63) is 0 Å². The SMILES string of the molecule is CCOP(=O)(O)CCCCP(=O)(O)O. The van der Waals surface area contributed by atoms with Crippen molar-refractivity contribution in [1.82, 2.24) is 0 Å². The third kappa shape index (κ3) is 8.88. The molecule has 0 aromatic heterocycles. The highest BCUT2D eigenvalue weighted by Crippen LogP contribution is 2.43. The molecule has 0 heterocycles. The highest BCUT2D eigenvalue weighted by Gasteiger charge is 2.19. The Morgan fingerprint density at radius 2 is 1.57 bits per heavy atom. The lowest BCUT2D eigenvalue weighted by atomic mass is 10.4. The van der Waals surface area contributed by atoms with E-state index in [1.54, 1.807) is 6.92 Å². The molecule has 0 amide bonds. The van der Waals surface area contributed by atoms with Crippen molar-refractivity contribution in [2.75, 3.05) is 18.9 Å². The lowest BCUT2D eigenvalue weighted by Gasteiger charge is -2.10. The lowest BCUT2D eigenvalue weighted by molar-refractivity contribution is 0.273. The second kappa shape index (κ2) is 6.01. The summed E-state index contributed by atoms with van der Waals surface area (Å²) in [4.78, 5) is 26.1. The molecule has 86 valence electrons. The first-order valence-corrected chi connectivity index (χ1v) is 7.84. The van der Waals surface area contributed by atoms with Gasteiger partial charge >= 0.3 is 15.2 Å². The van der Waals surface area contributed by atoms with Crippen molar-refractivity contribution >= 4 is 15.2 Å². The predicted octanol–water partition coefficient (Wildman–Crippen LogP) is 1.17. The first-order valence-electron chi connectivity index (χ1n) is 4.28. The Morgan fingerprint density at radius 1 is 1.07 bits per heavy atom. The molecule has 0 aliphatic carbocycles. The highest BCUT2D eigenvalue weighted by atomic mass is 31.2. The quantitative estimate of drug-likeness (QED) is 0.460. The van der Waals surface area contributed by atoms with Crippen LogP contribution >= 0.6 is 15.2 Å². The zero-order valence-corrected chi connectivity index (χ0v) is 9.79. The highest BCUT2D eigenvalue weighted by molar-refractivity contribution is 7.52. The number of unbranched alkanes of at least 4 members (excludes halogenated alkanes) is 1. The monoisotopic (exact) mass is 246 g/mol. The molecule has 0 spiro atoms. The Morgan fingerprint density at radius 3 is 2.00 bits per heavy atom. The van der Waals surface area contributed by atoms with E-state index in [0.717, 1.165) is 0 Å². The van der Waals surface area contributed by atoms with Gasteiger partial charge in [-0.25, -0.2) is 0 Å². The Bertz CT molecular complexity index is 247. The molecule has 0 aliphatic heterocycles. The Kier molecular flexibility index (Phi) is 6.14. The van der Waals surface area contributed by atoms with E-state index < -0.39 is 15.2 Å². The van der Waals surface area contributed by atoms with Gasteiger partial charge < -0.3 is 19.2 Å². The van der Waals surface area contributed by atoms with Gasteiger partial charge in [-0.2, -0.15) is 0 Å². The molecule has 0 bridgehead atoms. The fourth-order valence-electron chi connectivity index (χ4n) is 0.896. The third-order valence-electron chi connectivity index (χ3n) is 1.47. The molecule has 14 heavy (non-hydrogen) atoms. The molecule has 8 heteroatoms. The first-order chi connectivity index (χ1) is 6.27. The van der Waals surface area contributed by atoms with Crippen LogP contribution in [0.15, 0.2) is 0 Å². The summed E-state index contributed by atoms with van der Waals surface area (Å²) in [7, 11) is -7.50. The Hall–Kier alpha value is 0.300. The molecular formula is C6H16O6P2. The van der Waals surface area contributed by atoms with E-state index in [4.69, 9.17) is 14.7 Å². The van der Waals surface area contributed by atoms with Gasteiger partial charge in [0.25, 0.3) is 0 Å². The molecule has 1 unspecified atom stereocenters. The molecule has 0 aromatic carbocycles. The minimum absolute atomic E-state index is 0.0547. The minimum atomic E-state index is -3.98. The number of hydrogen-bond acceptors (Lipinski definition) is 3. The largest absolute Gasteiger partial charge is 0.328 e. The zero-order valence-electron chi connectivity index (χ0n) is 8.00. The van der Waals surface area contributed by atoms with E-state index in [1.807, 2.05) is 0 Å². The second-order valence-corrected chi connectivity index (χ2v) is 6.63. The van der Waals surface area contributed by atoms with Crippen LogP contribution in [0.3, 0.4) is 0 Å². The summed E-state index contributed by atoms with van der Waals surface area (Å²) in [5.74, 6) is 0. The van der Waals surface area contributed by atoms with Crippen molar-refractivity contribution in [3.8, 4) is 0 Å². The summed E-state index contributed by atoms with van der Waals surface area (Å²) >= 11 is 0. The Balaban J connectivity index is 3.64. The topological polar surface area (TPSA) is 104 Å². The van der Waals surface area contributed by atoms with Crippen LogP contribution in [0.2, 0.25) is 0 Å². The first kappa shape index (κ1) is 14.3. The molecule has 6 nitrogen and oxygen atoms in total. The minimum Gasteiger partial charge on any atom is -0.324 e. The molecule has 0 radical (unpaired) electrons. The summed E-state index contributed by atoms with van der Waals surface area (Å²) in [6.45, 7) is 1.77. The molecule has 0 rings (SSSR count). The van der Waals surface area contributed by atoms with Gasteiger partial charge in [-0.15, -0.1) is 0 Å². The average Bonchev–Trinajstić information content (AvgIpc) is 1.96. The van der Waals surface area contributed by atoms with E-state index in [0.29, 0.717) is 0 Å². The van der Waals surface area contributed by atoms with Crippen molar-refractivity contribution in [2.24, 2.45) is 0 Å². The maximum atomic E-state index is 11.1. The fourth-order valence-corrected chi connectivity index (χ4v) is 2.69. The molecular weight excluding hydrogens is 230 g/mol. The summed E-state index contributed by atoms with van der Waals surface area (Å²) in [5.41, 5.74) is 0. The van der Waals surface area contributed by atoms with Gasteiger partial charge in [-0.3, -0.25) is 9.13 Å². The maximum absolute atomic E-state index is 11.1. The van der Waals surface area contributed by atoms with Crippen LogP contribution in [-0.4, -0.2) is 33.6 Å². The molecule has 0 aromatic rings. The van der Waals surface area contributed by atoms with Crippen LogP contribution in [0.25, 0.3) is 0 Å². The summed E-state index contributed by atoms with van der Waals surface area (Å²) in [6, 6.07) is 0. The van der Waals surface area contributed by atoms with Crippen molar-refractivity contribution in [1.29, 1.82) is 0 Å². The van der Waals surface area contributed by atoms with Crippen molar-refractivity contribution < 1.29 is 28.3 Å². The predicted molar refractivity (Wildman–Crippen MR) is 52.5 cm³/mol. The van der Waals surface area contributed by atoms with Crippen LogP contribution in [0.5, 0.6) is 0 Å². The third-order valence-corrected chi connectivity index (χ3v) is 3.91. The standard InChI is InChI=1S/C6H16O6P2/c1-2-12-14(10,11)6-4-3-5-13(7,8)9/h2-6H2,1H3,(H,10,11)(H2,7,8,9). The molecule has 1 atom stereocenters. The number of rotatable bonds is 7. The molecule has 0 saturated carbocycles. The fraction of sp³-hybridized carbons (Fsp3) is 1.00. The van der Waals surface area contributed by atoms with Gasteiger partial charge in [0.15, 0.2) is 0 Å². The van der Waals surface area contributed by atoms with Crippen LogP contribution < -0.4 is 0 Å². The second-order valence-electron chi connectivity index (χ2n) is 2.87. The van der Waals surface area contributed by atoms with Crippen molar-refractivity contribution in [3.63, 3.8) is 0 Å². The summed E-state index contributed by atoms with van der Waals surface area (Å²) in [6.07, 6.45) is 0.195. The van der Waals surface area contributed by atoms with Crippen LogP contribution in [0, 0.1) is 0 Å². The van der Waals surface area contributed by atoms with Gasteiger partial charge in [0.05, 0.1) is 12.8 Å². The van der Waals surface area contributed by atoms with E-state index in [9.17, 15) is 9.13 Å². The van der Waals surface area contributed by atoms with Gasteiger partial charge in [-0.05, 0) is 19.8 Å². The van der Waals surface area contributed by atoms with E-state index in [2.05, 4.69) is 4.52 Å². The number of hydrogen-bond donors (Lipinski definition) is 3. The van der Waals surface area contributed by atoms with Gasteiger partial charge in [0.1, 0.15) is 0 Å². The summed E-state index contributed by atoms with van der Waals surface area (Å²) < 4.78 is 26.1. The average molecular weight is 246 g/mol. The van der Waals surface area contributed by atoms with E-state index >= 15 is 0 Å². The molecule has 0 saturated heterocycles. The zero-order chi connectivity index (χ0) is 11.2. The van der Waals surface area contributed by atoms with Gasteiger partial charge in [0.2, 0.25) is 0 Å². The molecule has 0 aliphatic rings. The van der Waals surface area contributed by atoms with Crippen LogP contribution in [0.1, 0.15) is 19.8 Å².